The van der Waals surface area contributed by atoms with Crippen molar-refractivity contribution in [2.75, 3.05) is 25.1 Å². The van der Waals surface area contributed by atoms with Crippen molar-refractivity contribution in [2.24, 2.45) is 0 Å². The number of hydrogen-bond acceptors (Lipinski definition) is 4. The summed E-state index contributed by atoms with van der Waals surface area (Å²) in [6.45, 7) is 2.10. The third-order valence-electron chi connectivity index (χ3n) is 3.30. The molecule has 5 nitrogen and oxygen atoms in total. The molecule has 0 radical (unpaired) electrons. The number of morpholine rings is 1. The summed E-state index contributed by atoms with van der Waals surface area (Å²) >= 11 is 0. The Balaban J connectivity index is 1.64. The number of pyridine rings is 1. The largest absolute Gasteiger partial charge is 0.378 e. The molecule has 0 saturated carbocycles. The first-order valence-corrected chi connectivity index (χ1v) is 6.77. The number of carbonyl (C=O) groups excluding carboxylic acids is 1. The highest BCUT2D eigenvalue weighted by Crippen LogP contribution is 2.16. The van der Waals surface area contributed by atoms with E-state index in [1.54, 1.807) is 6.20 Å². The lowest BCUT2D eigenvalue weighted by atomic mass is 10.2. The third-order valence-corrected chi connectivity index (χ3v) is 3.30. The number of nitrogens with one attached hydrogen (secondary N) is 2. The van der Waals surface area contributed by atoms with Crippen LogP contribution < -0.4 is 10.6 Å². The number of nitrogens with zero attached hydrogens (tertiary/aromatic N) is 1. The van der Waals surface area contributed by atoms with Crippen LogP contribution in [0.1, 0.15) is 6.42 Å². The number of fused-ring (bicyclic) bond motifs is 1. The first kappa shape index (κ1) is 13.0. The van der Waals surface area contributed by atoms with E-state index in [9.17, 15) is 4.79 Å². The Morgan fingerprint density at radius 3 is 3.20 bits per heavy atom. The van der Waals surface area contributed by atoms with Crippen LogP contribution in [0.3, 0.4) is 0 Å². The molecule has 1 aliphatic rings. The van der Waals surface area contributed by atoms with Crippen molar-refractivity contribution in [3.63, 3.8) is 0 Å². The lowest BCUT2D eigenvalue weighted by Crippen LogP contribution is -2.43. The van der Waals surface area contributed by atoms with Crippen molar-refractivity contribution in [1.82, 2.24) is 10.3 Å². The second kappa shape index (κ2) is 5.98. The summed E-state index contributed by atoms with van der Waals surface area (Å²) in [7, 11) is 0. The summed E-state index contributed by atoms with van der Waals surface area (Å²) in [5.41, 5.74) is 1.65. The minimum absolute atomic E-state index is 0.0231. The molecule has 2 heterocycles. The number of amides is 1. The van der Waals surface area contributed by atoms with Gasteiger partial charge in [-0.1, -0.05) is 18.2 Å². The minimum Gasteiger partial charge on any atom is -0.378 e. The maximum atomic E-state index is 12.0. The fraction of sp³-hybridized carbons (Fsp3) is 0.333. The molecular weight excluding hydrogens is 254 g/mol. The predicted molar refractivity (Wildman–Crippen MR) is 77.6 cm³/mol. The number of para-hydroxylation sites is 1. The fourth-order valence-corrected chi connectivity index (χ4v) is 2.33. The molecule has 1 amide bonds. The Morgan fingerprint density at radius 2 is 2.35 bits per heavy atom. The summed E-state index contributed by atoms with van der Waals surface area (Å²) in [5, 5.41) is 7.17. The summed E-state index contributed by atoms with van der Waals surface area (Å²) in [6, 6.07) is 9.86. The summed E-state index contributed by atoms with van der Waals surface area (Å²) < 4.78 is 5.34. The zero-order chi connectivity index (χ0) is 13.8. The van der Waals surface area contributed by atoms with Crippen molar-refractivity contribution < 1.29 is 9.53 Å². The molecule has 1 atom stereocenters. The summed E-state index contributed by atoms with van der Waals surface area (Å²) in [5.74, 6) is -0.0231. The molecule has 0 spiro atoms. The van der Waals surface area contributed by atoms with Gasteiger partial charge in [-0.3, -0.25) is 9.78 Å². The van der Waals surface area contributed by atoms with E-state index in [0.717, 1.165) is 23.1 Å². The molecule has 0 bridgehead atoms. The molecule has 1 aromatic heterocycles. The minimum atomic E-state index is -0.0231. The number of benzene rings is 1. The predicted octanol–water partition coefficient (Wildman–Crippen LogP) is 1.55. The van der Waals surface area contributed by atoms with Gasteiger partial charge in [-0.15, -0.1) is 0 Å². The lowest BCUT2D eigenvalue weighted by molar-refractivity contribution is -0.117. The van der Waals surface area contributed by atoms with Crippen molar-refractivity contribution in [3.8, 4) is 0 Å². The van der Waals surface area contributed by atoms with Crippen molar-refractivity contribution in [3.05, 3.63) is 36.5 Å². The van der Waals surface area contributed by atoms with E-state index in [1.807, 2.05) is 30.3 Å². The van der Waals surface area contributed by atoms with Crippen molar-refractivity contribution in [1.29, 1.82) is 0 Å². The quantitative estimate of drug-likeness (QED) is 0.889. The molecule has 20 heavy (non-hydrogen) atoms. The number of aromatic nitrogens is 1. The first-order valence-electron chi connectivity index (χ1n) is 6.77. The number of rotatable bonds is 3. The molecule has 1 aromatic carbocycles. The highest BCUT2D eigenvalue weighted by molar-refractivity contribution is 5.93. The van der Waals surface area contributed by atoms with Crippen molar-refractivity contribution >= 4 is 22.5 Å². The van der Waals surface area contributed by atoms with Crippen LogP contribution in [0.15, 0.2) is 36.5 Å². The smallest absolute Gasteiger partial charge is 0.226 e. The van der Waals surface area contributed by atoms with Gasteiger partial charge in [0.05, 0.1) is 30.6 Å². The first-order chi connectivity index (χ1) is 9.81. The second-order valence-electron chi connectivity index (χ2n) is 4.89. The molecule has 1 fully saturated rings. The van der Waals surface area contributed by atoms with Crippen LogP contribution in [-0.2, 0) is 9.53 Å². The Hall–Kier alpha value is -1.98. The highest BCUT2D eigenvalue weighted by Gasteiger charge is 2.16. The van der Waals surface area contributed by atoms with Gasteiger partial charge in [-0.2, -0.15) is 0 Å². The lowest BCUT2D eigenvalue weighted by Gasteiger charge is -2.23. The zero-order valence-electron chi connectivity index (χ0n) is 11.1. The topological polar surface area (TPSA) is 63.2 Å². The zero-order valence-corrected chi connectivity index (χ0v) is 11.1. The van der Waals surface area contributed by atoms with E-state index in [4.69, 9.17) is 4.74 Å². The normalized spacial score (nSPS) is 18.9. The third kappa shape index (κ3) is 3.12. The van der Waals surface area contributed by atoms with E-state index in [-0.39, 0.29) is 11.9 Å². The van der Waals surface area contributed by atoms with Gasteiger partial charge in [-0.05, 0) is 12.1 Å². The Bertz CT molecular complexity index is 609. The van der Waals surface area contributed by atoms with Crippen LogP contribution in [-0.4, -0.2) is 36.7 Å². The SMILES string of the molecule is O=C(CC1COCCN1)Nc1cnc2ccccc2c1. The fourth-order valence-electron chi connectivity index (χ4n) is 2.33. The van der Waals surface area contributed by atoms with Crippen LogP contribution in [0.4, 0.5) is 5.69 Å². The molecule has 1 aliphatic heterocycles. The van der Waals surface area contributed by atoms with Gasteiger partial charge in [0.1, 0.15) is 0 Å². The maximum Gasteiger partial charge on any atom is 0.226 e. The highest BCUT2D eigenvalue weighted by atomic mass is 16.5. The molecule has 5 heteroatoms. The van der Waals surface area contributed by atoms with Gasteiger partial charge in [0.2, 0.25) is 5.91 Å². The average molecular weight is 271 g/mol. The Morgan fingerprint density at radius 1 is 1.45 bits per heavy atom. The van der Waals surface area contributed by atoms with Gasteiger partial charge in [0.15, 0.2) is 0 Å². The van der Waals surface area contributed by atoms with Gasteiger partial charge in [-0.25, -0.2) is 0 Å². The van der Waals surface area contributed by atoms with E-state index in [0.29, 0.717) is 19.6 Å². The molecule has 2 aromatic rings. The summed E-state index contributed by atoms with van der Waals surface area (Å²) in [4.78, 5) is 16.3. The number of hydrogen-bond donors (Lipinski definition) is 2. The standard InChI is InChI=1S/C15H17N3O2/c19-15(8-13-10-20-6-5-16-13)18-12-7-11-3-1-2-4-14(11)17-9-12/h1-4,7,9,13,16H,5-6,8,10H2,(H,18,19). The second-order valence-corrected chi connectivity index (χ2v) is 4.89. The van der Waals surface area contributed by atoms with Gasteiger partial charge in [0.25, 0.3) is 0 Å². The number of ether oxygens (including phenoxy) is 1. The molecule has 1 unspecified atom stereocenters. The molecule has 2 N–H and O–H groups in total. The van der Waals surface area contributed by atoms with Crippen LogP contribution >= 0.6 is 0 Å². The molecule has 0 aliphatic carbocycles. The Kier molecular flexibility index (Phi) is 3.90. The maximum absolute atomic E-state index is 12.0. The van der Waals surface area contributed by atoms with Gasteiger partial charge in [0, 0.05) is 24.4 Å². The van der Waals surface area contributed by atoms with E-state index in [1.165, 1.54) is 0 Å². The Labute approximate surface area is 117 Å². The molecule has 3 rings (SSSR count). The molecule has 1 saturated heterocycles. The van der Waals surface area contributed by atoms with E-state index < -0.39 is 0 Å². The van der Waals surface area contributed by atoms with Gasteiger partial charge >= 0.3 is 0 Å². The van der Waals surface area contributed by atoms with E-state index in [2.05, 4.69) is 15.6 Å². The number of anilines is 1. The van der Waals surface area contributed by atoms with Crippen LogP contribution in [0.25, 0.3) is 10.9 Å². The number of carbonyl (C=O) groups is 1. The van der Waals surface area contributed by atoms with Crippen LogP contribution in [0, 0.1) is 0 Å². The van der Waals surface area contributed by atoms with Crippen LogP contribution in [0.2, 0.25) is 0 Å². The monoisotopic (exact) mass is 271 g/mol. The summed E-state index contributed by atoms with van der Waals surface area (Å²) in [6.07, 6.45) is 2.10. The molecule has 104 valence electrons. The average Bonchev–Trinajstić information content (AvgIpc) is 2.48. The van der Waals surface area contributed by atoms with Gasteiger partial charge < -0.3 is 15.4 Å². The van der Waals surface area contributed by atoms with Crippen molar-refractivity contribution in [2.45, 2.75) is 12.5 Å². The molecular formula is C15H17N3O2. The van der Waals surface area contributed by atoms with Crippen LogP contribution in [0.5, 0.6) is 0 Å². The van der Waals surface area contributed by atoms with E-state index >= 15 is 0 Å².